The molecule has 0 aliphatic rings. The molecule has 0 aliphatic carbocycles. The first-order valence-electron chi connectivity index (χ1n) is 7.52. The van der Waals surface area contributed by atoms with Crippen LogP contribution in [0.25, 0.3) is 0 Å². The molecule has 2 radical (unpaired) electrons. The van der Waals surface area contributed by atoms with Crippen LogP contribution in [0.15, 0.2) is 36.4 Å². The second-order valence-electron chi connectivity index (χ2n) is 5.27. The summed E-state index contributed by atoms with van der Waals surface area (Å²) >= 11 is 0. The van der Waals surface area contributed by atoms with Crippen LogP contribution in [0.4, 0.5) is 10.5 Å². The van der Waals surface area contributed by atoms with Crippen LogP contribution in [-0.4, -0.2) is 20.5 Å². The summed E-state index contributed by atoms with van der Waals surface area (Å²) in [6.07, 6.45) is -0.466. The minimum atomic E-state index is -0.466. The molecule has 0 heterocycles. The van der Waals surface area contributed by atoms with Gasteiger partial charge in [0.05, 0.1) is 12.3 Å². The van der Waals surface area contributed by atoms with Crippen molar-refractivity contribution >= 4 is 25.1 Å². The predicted octanol–water partition coefficient (Wildman–Crippen LogP) is 3.24. The van der Waals surface area contributed by atoms with Gasteiger partial charge in [-0.15, -0.1) is 0 Å². The molecule has 0 atom stereocenters. The summed E-state index contributed by atoms with van der Waals surface area (Å²) in [6, 6.07) is 11.3. The Balaban J connectivity index is 2.16. The largest absolute Gasteiger partial charge is 0.489 e. The van der Waals surface area contributed by atoms with Crippen LogP contribution < -0.4 is 15.5 Å². The average molecular weight is 309 g/mol. The fourth-order valence-corrected chi connectivity index (χ4v) is 2.29. The molecule has 5 heteroatoms. The summed E-state index contributed by atoms with van der Waals surface area (Å²) in [6.45, 7) is 6.31. The molecule has 0 saturated heterocycles. The van der Waals surface area contributed by atoms with Gasteiger partial charge in [0.1, 0.15) is 20.2 Å². The number of anilines is 1. The van der Waals surface area contributed by atoms with E-state index in [0.717, 1.165) is 28.1 Å². The SMILES string of the molecule is [B]c1ccc(OCc2cccc(C)c2NC(=O)OCC)c(C)c1. The molecule has 0 spiro atoms. The van der Waals surface area contributed by atoms with E-state index in [1.165, 1.54) is 0 Å². The number of hydrogen-bond donors (Lipinski definition) is 1. The first kappa shape index (κ1) is 16.9. The standard InChI is InChI=1S/C18H20BNO3/c1-4-22-18(21)20-17-12(2)6-5-7-14(17)11-23-16-9-8-15(19)10-13(16)3/h5-10H,4,11H2,1-3H3,(H,20,21). The molecule has 1 amide bonds. The van der Waals surface area contributed by atoms with E-state index in [2.05, 4.69) is 5.32 Å². The Labute approximate surface area is 138 Å². The summed E-state index contributed by atoms with van der Waals surface area (Å²) < 4.78 is 10.8. The summed E-state index contributed by atoms with van der Waals surface area (Å²) in [4.78, 5) is 11.7. The van der Waals surface area contributed by atoms with Crippen molar-refractivity contribution in [1.29, 1.82) is 0 Å². The lowest BCUT2D eigenvalue weighted by Gasteiger charge is -2.15. The smallest absolute Gasteiger partial charge is 0.411 e. The maximum atomic E-state index is 11.7. The lowest BCUT2D eigenvalue weighted by atomic mass is 9.94. The van der Waals surface area contributed by atoms with Crippen LogP contribution in [0.5, 0.6) is 5.75 Å². The maximum Gasteiger partial charge on any atom is 0.411 e. The van der Waals surface area contributed by atoms with Gasteiger partial charge in [-0.25, -0.2) is 4.79 Å². The second kappa shape index (κ2) is 7.72. The van der Waals surface area contributed by atoms with E-state index in [1.807, 2.05) is 44.2 Å². The topological polar surface area (TPSA) is 47.6 Å². The van der Waals surface area contributed by atoms with Crippen molar-refractivity contribution < 1.29 is 14.3 Å². The van der Waals surface area contributed by atoms with E-state index >= 15 is 0 Å². The van der Waals surface area contributed by atoms with Crippen molar-refractivity contribution in [3.8, 4) is 5.75 Å². The molecule has 1 N–H and O–H groups in total. The number of ether oxygens (including phenoxy) is 2. The van der Waals surface area contributed by atoms with Crippen molar-refractivity contribution in [2.45, 2.75) is 27.4 Å². The highest BCUT2D eigenvalue weighted by molar-refractivity contribution is 6.32. The monoisotopic (exact) mass is 309 g/mol. The van der Waals surface area contributed by atoms with E-state index in [1.54, 1.807) is 13.0 Å². The molecule has 0 fully saturated rings. The molecular formula is C18H20BNO3. The van der Waals surface area contributed by atoms with E-state index in [-0.39, 0.29) is 0 Å². The number of hydrogen-bond acceptors (Lipinski definition) is 3. The van der Waals surface area contributed by atoms with E-state index < -0.39 is 6.09 Å². The number of amides is 1. The van der Waals surface area contributed by atoms with Crippen molar-refractivity contribution in [3.05, 3.63) is 53.1 Å². The number of benzene rings is 2. The quantitative estimate of drug-likeness (QED) is 0.863. The number of nitrogens with one attached hydrogen (secondary N) is 1. The van der Waals surface area contributed by atoms with Crippen molar-refractivity contribution in [2.75, 3.05) is 11.9 Å². The molecule has 0 aliphatic heterocycles. The number of carbonyl (C=O) groups excluding carboxylic acids is 1. The molecule has 0 bridgehead atoms. The van der Waals surface area contributed by atoms with Crippen LogP contribution in [0.3, 0.4) is 0 Å². The zero-order valence-corrected chi connectivity index (χ0v) is 13.7. The minimum absolute atomic E-state index is 0.328. The van der Waals surface area contributed by atoms with Crippen LogP contribution >= 0.6 is 0 Å². The van der Waals surface area contributed by atoms with E-state index in [9.17, 15) is 4.79 Å². The number of para-hydroxylation sites is 1. The fourth-order valence-electron chi connectivity index (χ4n) is 2.29. The molecule has 0 aromatic heterocycles. The summed E-state index contributed by atoms with van der Waals surface area (Å²) in [7, 11) is 5.75. The Morgan fingerprint density at radius 1 is 1.17 bits per heavy atom. The van der Waals surface area contributed by atoms with Gasteiger partial charge in [0.15, 0.2) is 0 Å². The number of aryl methyl sites for hydroxylation is 2. The maximum absolute atomic E-state index is 11.7. The molecular weight excluding hydrogens is 289 g/mol. The van der Waals surface area contributed by atoms with Gasteiger partial charge in [0, 0.05) is 5.56 Å². The van der Waals surface area contributed by atoms with Crippen LogP contribution in [0.2, 0.25) is 0 Å². The highest BCUT2D eigenvalue weighted by Gasteiger charge is 2.11. The first-order valence-corrected chi connectivity index (χ1v) is 7.52. The Hall–Kier alpha value is -2.43. The molecule has 0 unspecified atom stereocenters. The van der Waals surface area contributed by atoms with Crippen molar-refractivity contribution in [1.82, 2.24) is 0 Å². The highest BCUT2D eigenvalue weighted by Crippen LogP contribution is 2.24. The van der Waals surface area contributed by atoms with Gasteiger partial charge in [0.2, 0.25) is 0 Å². The van der Waals surface area contributed by atoms with E-state index in [0.29, 0.717) is 18.7 Å². The van der Waals surface area contributed by atoms with Crippen LogP contribution in [0, 0.1) is 13.8 Å². The molecule has 2 aromatic carbocycles. The van der Waals surface area contributed by atoms with Crippen LogP contribution in [-0.2, 0) is 11.3 Å². The van der Waals surface area contributed by atoms with Gasteiger partial charge in [-0.2, -0.15) is 0 Å². The number of rotatable bonds is 5. The number of carbonyl (C=O) groups is 1. The summed E-state index contributed by atoms with van der Waals surface area (Å²) in [5, 5.41) is 2.78. The second-order valence-corrected chi connectivity index (χ2v) is 5.27. The third-order valence-electron chi connectivity index (χ3n) is 3.44. The Morgan fingerprint density at radius 2 is 1.96 bits per heavy atom. The Kier molecular flexibility index (Phi) is 5.69. The zero-order chi connectivity index (χ0) is 16.8. The van der Waals surface area contributed by atoms with Gasteiger partial charge < -0.3 is 9.47 Å². The molecule has 118 valence electrons. The molecule has 2 aromatic rings. The molecule has 4 nitrogen and oxygen atoms in total. The minimum Gasteiger partial charge on any atom is -0.489 e. The molecule has 0 saturated carbocycles. The van der Waals surface area contributed by atoms with Gasteiger partial charge in [-0.05, 0) is 38.0 Å². The van der Waals surface area contributed by atoms with Gasteiger partial charge in [-0.3, -0.25) is 5.32 Å². The lowest BCUT2D eigenvalue weighted by Crippen LogP contribution is -2.16. The van der Waals surface area contributed by atoms with Crippen molar-refractivity contribution in [2.24, 2.45) is 0 Å². The fraction of sp³-hybridized carbons (Fsp3) is 0.278. The average Bonchev–Trinajstić information content (AvgIpc) is 2.49. The third kappa shape index (κ3) is 4.52. The Bertz CT molecular complexity index is 701. The molecule has 2 rings (SSSR count). The highest BCUT2D eigenvalue weighted by atomic mass is 16.5. The first-order chi connectivity index (χ1) is 11.0. The predicted molar refractivity (Wildman–Crippen MR) is 92.7 cm³/mol. The Morgan fingerprint density at radius 3 is 2.65 bits per heavy atom. The molecule has 23 heavy (non-hydrogen) atoms. The lowest BCUT2D eigenvalue weighted by molar-refractivity contribution is 0.168. The van der Waals surface area contributed by atoms with Gasteiger partial charge in [0.25, 0.3) is 0 Å². The van der Waals surface area contributed by atoms with E-state index in [4.69, 9.17) is 17.3 Å². The summed E-state index contributed by atoms with van der Waals surface area (Å²) in [5.74, 6) is 0.766. The van der Waals surface area contributed by atoms with Gasteiger partial charge in [-0.1, -0.05) is 35.8 Å². The van der Waals surface area contributed by atoms with Gasteiger partial charge >= 0.3 is 6.09 Å². The normalized spacial score (nSPS) is 10.2. The van der Waals surface area contributed by atoms with Crippen LogP contribution in [0.1, 0.15) is 23.6 Å². The zero-order valence-electron chi connectivity index (χ0n) is 13.7. The third-order valence-corrected chi connectivity index (χ3v) is 3.44. The summed E-state index contributed by atoms with van der Waals surface area (Å²) in [5.41, 5.74) is 4.23. The van der Waals surface area contributed by atoms with Crippen molar-refractivity contribution in [3.63, 3.8) is 0 Å².